The third-order valence-corrected chi connectivity index (χ3v) is 6.87. The van der Waals surface area contributed by atoms with Gasteiger partial charge in [-0.1, -0.05) is 68.4 Å². The van der Waals surface area contributed by atoms with Gasteiger partial charge in [0.05, 0.1) is 6.61 Å². The molecule has 0 amide bonds. The van der Waals surface area contributed by atoms with Crippen molar-refractivity contribution in [3.05, 3.63) is 101 Å². The number of esters is 1. The highest BCUT2D eigenvalue weighted by molar-refractivity contribution is 6.08. The van der Waals surface area contributed by atoms with E-state index in [0.29, 0.717) is 43.9 Å². The quantitative estimate of drug-likeness (QED) is 0.132. The number of ketones is 1. The molecule has 1 aromatic heterocycles. The van der Waals surface area contributed by atoms with Crippen LogP contribution in [0.1, 0.15) is 73.7 Å². The SMILES string of the molecule is CCOC(=O)CCCn1cc(C(=O)Cc2ccc(OC(C)c3ccc(CC(C)C)cc3)cc2)c2ccccc21. The van der Waals surface area contributed by atoms with E-state index in [1.165, 1.54) is 5.56 Å². The molecule has 0 saturated heterocycles. The topological polar surface area (TPSA) is 57.5 Å². The molecule has 0 aliphatic rings. The Bertz CT molecular complexity index is 1380. The van der Waals surface area contributed by atoms with Gasteiger partial charge >= 0.3 is 5.97 Å². The normalized spacial score (nSPS) is 12.0. The minimum absolute atomic E-state index is 0.0684. The van der Waals surface area contributed by atoms with Gasteiger partial charge in [0.25, 0.3) is 0 Å². The van der Waals surface area contributed by atoms with Gasteiger partial charge in [0.2, 0.25) is 0 Å². The lowest BCUT2D eigenvalue weighted by Crippen LogP contribution is -2.06. The van der Waals surface area contributed by atoms with Gasteiger partial charge in [-0.2, -0.15) is 0 Å². The minimum atomic E-state index is -0.188. The van der Waals surface area contributed by atoms with Crippen LogP contribution < -0.4 is 4.74 Å². The summed E-state index contributed by atoms with van der Waals surface area (Å²) in [6.45, 7) is 9.36. The number of ether oxygens (including phenoxy) is 2. The Labute approximate surface area is 231 Å². The number of hydrogen-bond acceptors (Lipinski definition) is 4. The smallest absolute Gasteiger partial charge is 0.305 e. The molecule has 1 atom stereocenters. The summed E-state index contributed by atoms with van der Waals surface area (Å²) in [5.74, 6) is 1.30. The van der Waals surface area contributed by atoms with Crippen LogP contribution in [0.5, 0.6) is 5.75 Å². The fraction of sp³-hybridized carbons (Fsp3) is 0.353. The van der Waals surface area contributed by atoms with Gasteiger partial charge in [0.15, 0.2) is 5.78 Å². The van der Waals surface area contributed by atoms with E-state index in [0.717, 1.165) is 34.2 Å². The summed E-state index contributed by atoms with van der Waals surface area (Å²) in [5, 5.41) is 0.937. The first-order chi connectivity index (χ1) is 18.8. The van der Waals surface area contributed by atoms with Gasteiger partial charge in [-0.25, -0.2) is 0 Å². The van der Waals surface area contributed by atoms with Gasteiger partial charge in [-0.05, 0) is 67.5 Å². The van der Waals surface area contributed by atoms with Crippen molar-refractivity contribution in [1.29, 1.82) is 0 Å². The molecule has 1 unspecified atom stereocenters. The number of carbonyl (C=O) groups excluding carboxylic acids is 2. The van der Waals surface area contributed by atoms with E-state index in [2.05, 4.69) is 49.6 Å². The number of nitrogens with zero attached hydrogens (tertiary/aromatic N) is 1. The Hall–Kier alpha value is -3.86. The maximum Gasteiger partial charge on any atom is 0.305 e. The molecule has 5 nitrogen and oxygen atoms in total. The number of para-hydroxylation sites is 1. The lowest BCUT2D eigenvalue weighted by Gasteiger charge is -2.16. The number of aromatic nitrogens is 1. The number of aryl methyl sites for hydroxylation is 1. The Morgan fingerprint density at radius 3 is 2.26 bits per heavy atom. The largest absolute Gasteiger partial charge is 0.486 e. The van der Waals surface area contributed by atoms with Crippen molar-refractivity contribution in [2.24, 2.45) is 5.92 Å². The third-order valence-electron chi connectivity index (χ3n) is 6.87. The van der Waals surface area contributed by atoms with E-state index in [1.807, 2.05) is 61.7 Å². The molecular formula is C34H39NO4. The Morgan fingerprint density at radius 2 is 1.56 bits per heavy atom. The highest BCUT2D eigenvalue weighted by Gasteiger charge is 2.16. The van der Waals surface area contributed by atoms with Crippen LogP contribution in [0.15, 0.2) is 79.0 Å². The van der Waals surface area contributed by atoms with E-state index < -0.39 is 0 Å². The maximum atomic E-state index is 13.3. The van der Waals surface area contributed by atoms with E-state index in [4.69, 9.17) is 9.47 Å². The van der Waals surface area contributed by atoms with Gasteiger partial charge < -0.3 is 14.0 Å². The molecule has 0 aliphatic carbocycles. The van der Waals surface area contributed by atoms with Crippen LogP contribution in [0.25, 0.3) is 10.9 Å². The second-order valence-corrected chi connectivity index (χ2v) is 10.5. The van der Waals surface area contributed by atoms with Gasteiger partial charge in [-0.15, -0.1) is 0 Å². The average Bonchev–Trinajstić information content (AvgIpc) is 3.29. The van der Waals surface area contributed by atoms with Crippen molar-refractivity contribution in [2.45, 2.75) is 66.0 Å². The summed E-state index contributed by atoms with van der Waals surface area (Å²) >= 11 is 0. The zero-order valence-corrected chi connectivity index (χ0v) is 23.5. The third kappa shape index (κ3) is 7.60. The van der Waals surface area contributed by atoms with Crippen molar-refractivity contribution >= 4 is 22.7 Å². The Balaban J connectivity index is 1.38. The zero-order chi connectivity index (χ0) is 27.8. The van der Waals surface area contributed by atoms with E-state index in [-0.39, 0.29) is 17.9 Å². The summed E-state index contributed by atoms with van der Waals surface area (Å²) in [6, 6.07) is 24.4. The summed E-state index contributed by atoms with van der Waals surface area (Å²) in [6.07, 6.45) is 4.26. The summed E-state index contributed by atoms with van der Waals surface area (Å²) in [4.78, 5) is 25.0. The molecular weight excluding hydrogens is 486 g/mol. The molecule has 39 heavy (non-hydrogen) atoms. The fourth-order valence-electron chi connectivity index (χ4n) is 4.92. The lowest BCUT2D eigenvalue weighted by atomic mass is 10.0. The summed E-state index contributed by atoms with van der Waals surface area (Å²) < 4.78 is 13.3. The fourth-order valence-corrected chi connectivity index (χ4v) is 4.92. The predicted octanol–water partition coefficient (Wildman–Crippen LogP) is 7.75. The number of benzene rings is 3. The van der Waals surface area contributed by atoms with E-state index in [1.54, 1.807) is 0 Å². The second-order valence-electron chi connectivity index (χ2n) is 10.5. The highest BCUT2D eigenvalue weighted by Crippen LogP contribution is 2.26. The molecule has 3 aromatic carbocycles. The first-order valence-electron chi connectivity index (χ1n) is 13.9. The summed E-state index contributed by atoms with van der Waals surface area (Å²) in [7, 11) is 0. The van der Waals surface area contributed by atoms with Crippen LogP contribution in [0.3, 0.4) is 0 Å². The van der Waals surface area contributed by atoms with Crippen LogP contribution in [-0.4, -0.2) is 22.9 Å². The Morgan fingerprint density at radius 1 is 0.872 bits per heavy atom. The van der Waals surface area contributed by atoms with Crippen LogP contribution >= 0.6 is 0 Å². The average molecular weight is 526 g/mol. The number of rotatable bonds is 13. The van der Waals surface area contributed by atoms with Gasteiger partial charge in [0.1, 0.15) is 11.9 Å². The van der Waals surface area contributed by atoms with Crippen molar-refractivity contribution in [3.63, 3.8) is 0 Å². The maximum absolute atomic E-state index is 13.3. The van der Waals surface area contributed by atoms with Gasteiger partial charge in [-0.3, -0.25) is 9.59 Å². The standard InChI is InChI=1S/C34H39NO4/c1-5-38-34(37)11-8-20-35-23-31(30-9-6-7-10-32(30)35)33(36)22-27-14-18-29(19-15-27)39-25(4)28-16-12-26(13-17-28)21-24(2)3/h6-7,9-10,12-19,23-25H,5,8,11,20-22H2,1-4H3. The van der Waals surface area contributed by atoms with Crippen molar-refractivity contribution < 1.29 is 19.1 Å². The van der Waals surface area contributed by atoms with Crippen LogP contribution in [0, 0.1) is 5.92 Å². The number of fused-ring (bicyclic) bond motifs is 1. The van der Waals surface area contributed by atoms with Crippen LogP contribution in [0.4, 0.5) is 0 Å². The molecule has 0 bridgehead atoms. The van der Waals surface area contributed by atoms with Crippen molar-refractivity contribution in [3.8, 4) is 5.75 Å². The van der Waals surface area contributed by atoms with Crippen molar-refractivity contribution in [1.82, 2.24) is 4.57 Å². The molecule has 4 aromatic rings. The monoisotopic (exact) mass is 525 g/mol. The number of Topliss-reactive ketones (excluding diaryl/α,β-unsaturated/α-hetero) is 1. The Kier molecular flexibility index (Phi) is 9.59. The molecule has 0 radical (unpaired) electrons. The molecule has 0 saturated carbocycles. The first kappa shape index (κ1) is 28.2. The summed E-state index contributed by atoms with van der Waals surface area (Å²) in [5.41, 5.74) is 5.13. The number of carbonyl (C=O) groups is 2. The molecule has 0 fully saturated rings. The van der Waals surface area contributed by atoms with E-state index in [9.17, 15) is 9.59 Å². The second kappa shape index (κ2) is 13.3. The molecule has 0 aliphatic heterocycles. The van der Waals surface area contributed by atoms with Crippen LogP contribution in [-0.2, 0) is 28.9 Å². The predicted molar refractivity (Wildman–Crippen MR) is 156 cm³/mol. The first-order valence-corrected chi connectivity index (χ1v) is 13.9. The number of hydrogen-bond donors (Lipinski definition) is 0. The highest BCUT2D eigenvalue weighted by atomic mass is 16.5. The molecule has 1 heterocycles. The molecule has 0 spiro atoms. The van der Waals surface area contributed by atoms with E-state index >= 15 is 0 Å². The van der Waals surface area contributed by atoms with Crippen molar-refractivity contribution in [2.75, 3.05) is 6.61 Å². The van der Waals surface area contributed by atoms with Crippen LogP contribution in [0.2, 0.25) is 0 Å². The molecule has 4 rings (SSSR count). The van der Waals surface area contributed by atoms with Gasteiger partial charge in [0, 0.05) is 42.0 Å². The molecule has 204 valence electrons. The lowest BCUT2D eigenvalue weighted by molar-refractivity contribution is -0.143. The minimum Gasteiger partial charge on any atom is -0.486 e. The molecule has 5 heteroatoms. The zero-order valence-electron chi connectivity index (χ0n) is 23.5. The molecule has 0 N–H and O–H groups in total.